The number of rotatable bonds is 5. The second-order valence-electron chi connectivity index (χ2n) is 7.12. The predicted octanol–water partition coefficient (Wildman–Crippen LogP) is 2.79. The van der Waals surface area contributed by atoms with Gasteiger partial charge in [0.15, 0.2) is 0 Å². The number of amides is 2. The van der Waals surface area contributed by atoms with E-state index in [1.807, 2.05) is 31.2 Å². The Labute approximate surface area is 164 Å². The lowest BCUT2D eigenvalue weighted by Crippen LogP contribution is -2.34. The van der Waals surface area contributed by atoms with Gasteiger partial charge in [-0.05, 0) is 36.8 Å². The number of benzene rings is 2. The Morgan fingerprint density at radius 3 is 2.36 bits per heavy atom. The summed E-state index contributed by atoms with van der Waals surface area (Å²) in [5, 5.41) is 0. The van der Waals surface area contributed by atoms with Crippen LogP contribution in [0.25, 0.3) is 0 Å². The molecular formula is C22H24N2O4. The maximum atomic E-state index is 12.8. The average molecular weight is 380 g/mol. The SMILES string of the molecule is COC(=O)c1ccc(CN(C)C(=O)C2CC(=O)N(c3ccc(C)cc3)C2)cc1. The number of nitrogens with zero attached hydrogens (tertiary/aromatic N) is 2. The first-order valence-electron chi connectivity index (χ1n) is 9.18. The van der Waals surface area contributed by atoms with Crippen LogP contribution in [0.5, 0.6) is 0 Å². The Kier molecular flexibility index (Phi) is 5.78. The molecular weight excluding hydrogens is 356 g/mol. The van der Waals surface area contributed by atoms with Crippen molar-refractivity contribution in [2.45, 2.75) is 19.9 Å². The van der Waals surface area contributed by atoms with Crippen molar-refractivity contribution in [2.75, 3.05) is 25.6 Å². The second-order valence-corrected chi connectivity index (χ2v) is 7.12. The summed E-state index contributed by atoms with van der Waals surface area (Å²) < 4.78 is 4.69. The van der Waals surface area contributed by atoms with Gasteiger partial charge in [0.2, 0.25) is 11.8 Å². The number of hydrogen-bond acceptors (Lipinski definition) is 4. The molecule has 0 bridgehead atoms. The Morgan fingerprint density at radius 1 is 1.11 bits per heavy atom. The number of carbonyl (C=O) groups is 3. The van der Waals surface area contributed by atoms with Crippen molar-refractivity contribution in [3.05, 3.63) is 65.2 Å². The summed E-state index contributed by atoms with van der Waals surface area (Å²) in [6.07, 6.45) is 0.221. The van der Waals surface area contributed by atoms with E-state index in [2.05, 4.69) is 4.74 Å². The zero-order valence-electron chi connectivity index (χ0n) is 16.3. The van der Waals surface area contributed by atoms with Gasteiger partial charge in [0, 0.05) is 32.2 Å². The third kappa shape index (κ3) is 4.22. The van der Waals surface area contributed by atoms with Crippen LogP contribution >= 0.6 is 0 Å². The third-order valence-corrected chi connectivity index (χ3v) is 4.99. The van der Waals surface area contributed by atoms with Gasteiger partial charge in [-0.15, -0.1) is 0 Å². The number of esters is 1. The minimum absolute atomic E-state index is 0.0296. The molecule has 0 spiro atoms. The van der Waals surface area contributed by atoms with E-state index >= 15 is 0 Å². The van der Waals surface area contributed by atoms with Gasteiger partial charge in [-0.3, -0.25) is 9.59 Å². The minimum Gasteiger partial charge on any atom is -0.465 e. The molecule has 2 amide bonds. The largest absolute Gasteiger partial charge is 0.465 e. The fourth-order valence-electron chi connectivity index (χ4n) is 3.37. The third-order valence-electron chi connectivity index (χ3n) is 4.99. The normalized spacial score (nSPS) is 16.2. The van der Waals surface area contributed by atoms with Crippen LogP contribution in [0.15, 0.2) is 48.5 Å². The van der Waals surface area contributed by atoms with E-state index in [1.165, 1.54) is 7.11 Å². The lowest BCUT2D eigenvalue weighted by molar-refractivity contribution is -0.135. The Balaban J connectivity index is 1.62. The van der Waals surface area contributed by atoms with E-state index < -0.39 is 5.97 Å². The molecule has 0 aromatic heterocycles. The standard InChI is InChI=1S/C22H24N2O4/c1-15-4-10-19(11-5-15)24-14-18(12-20(24)25)21(26)23(2)13-16-6-8-17(9-7-16)22(27)28-3/h4-11,18H,12-14H2,1-3H3. The molecule has 1 atom stereocenters. The highest BCUT2D eigenvalue weighted by molar-refractivity contribution is 6.00. The summed E-state index contributed by atoms with van der Waals surface area (Å²) >= 11 is 0. The second kappa shape index (κ2) is 8.25. The van der Waals surface area contributed by atoms with Crippen LogP contribution < -0.4 is 4.90 Å². The highest BCUT2D eigenvalue weighted by atomic mass is 16.5. The molecule has 1 unspecified atom stereocenters. The monoisotopic (exact) mass is 380 g/mol. The van der Waals surface area contributed by atoms with Crippen molar-refractivity contribution in [1.82, 2.24) is 4.90 Å². The molecule has 1 aliphatic heterocycles. The van der Waals surface area contributed by atoms with Crippen molar-refractivity contribution in [3.63, 3.8) is 0 Å². The van der Waals surface area contributed by atoms with E-state index in [1.54, 1.807) is 41.1 Å². The molecule has 0 N–H and O–H groups in total. The van der Waals surface area contributed by atoms with Gasteiger partial charge >= 0.3 is 5.97 Å². The first-order chi connectivity index (χ1) is 13.4. The molecule has 3 rings (SSSR count). The van der Waals surface area contributed by atoms with E-state index in [0.717, 1.165) is 16.8 Å². The maximum absolute atomic E-state index is 12.8. The summed E-state index contributed by atoms with van der Waals surface area (Å²) in [5.74, 6) is -0.831. The van der Waals surface area contributed by atoms with Gasteiger partial charge in [-0.1, -0.05) is 29.8 Å². The van der Waals surface area contributed by atoms with Gasteiger partial charge in [0.1, 0.15) is 0 Å². The van der Waals surface area contributed by atoms with E-state index in [0.29, 0.717) is 18.7 Å². The number of ether oxygens (including phenoxy) is 1. The molecule has 28 heavy (non-hydrogen) atoms. The number of hydrogen-bond donors (Lipinski definition) is 0. The van der Waals surface area contributed by atoms with Gasteiger partial charge in [0.05, 0.1) is 18.6 Å². The Bertz CT molecular complexity index is 874. The van der Waals surface area contributed by atoms with Crippen LogP contribution in [0.4, 0.5) is 5.69 Å². The molecule has 0 aliphatic carbocycles. The predicted molar refractivity (Wildman–Crippen MR) is 106 cm³/mol. The van der Waals surface area contributed by atoms with Crippen molar-refractivity contribution in [1.29, 1.82) is 0 Å². The topological polar surface area (TPSA) is 66.9 Å². The smallest absolute Gasteiger partial charge is 0.337 e. The fraction of sp³-hybridized carbons (Fsp3) is 0.318. The van der Waals surface area contributed by atoms with Gasteiger partial charge in [0.25, 0.3) is 0 Å². The summed E-state index contributed by atoms with van der Waals surface area (Å²) in [6, 6.07) is 14.7. The van der Waals surface area contributed by atoms with Crippen molar-refractivity contribution in [3.8, 4) is 0 Å². The lowest BCUT2D eigenvalue weighted by atomic mass is 10.1. The summed E-state index contributed by atoms with van der Waals surface area (Å²) in [7, 11) is 3.07. The number of anilines is 1. The molecule has 1 saturated heterocycles. The quantitative estimate of drug-likeness (QED) is 0.748. The van der Waals surface area contributed by atoms with E-state index in [4.69, 9.17) is 0 Å². The molecule has 1 heterocycles. The molecule has 6 nitrogen and oxygen atoms in total. The highest BCUT2D eigenvalue weighted by Gasteiger charge is 2.36. The molecule has 1 aliphatic rings. The van der Waals surface area contributed by atoms with Crippen LogP contribution in [0.1, 0.15) is 27.9 Å². The molecule has 146 valence electrons. The van der Waals surface area contributed by atoms with E-state index in [9.17, 15) is 14.4 Å². The van der Waals surface area contributed by atoms with Crippen LogP contribution in [-0.4, -0.2) is 43.4 Å². The lowest BCUT2D eigenvalue weighted by Gasteiger charge is -2.22. The zero-order chi connectivity index (χ0) is 20.3. The van der Waals surface area contributed by atoms with Crippen molar-refractivity contribution < 1.29 is 19.1 Å². The molecule has 0 saturated carbocycles. The zero-order valence-corrected chi connectivity index (χ0v) is 16.3. The fourth-order valence-corrected chi connectivity index (χ4v) is 3.37. The molecule has 2 aromatic rings. The number of methoxy groups -OCH3 is 1. The first-order valence-corrected chi connectivity index (χ1v) is 9.18. The van der Waals surface area contributed by atoms with Crippen molar-refractivity contribution >= 4 is 23.5 Å². The van der Waals surface area contributed by atoms with Gasteiger partial charge in [-0.25, -0.2) is 4.79 Å². The Morgan fingerprint density at radius 2 is 1.75 bits per heavy atom. The average Bonchev–Trinajstić information content (AvgIpc) is 3.09. The summed E-state index contributed by atoms with van der Waals surface area (Å²) in [5.41, 5.74) is 3.33. The van der Waals surface area contributed by atoms with Crippen LogP contribution in [0, 0.1) is 12.8 Å². The van der Waals surface area contributed by atoms with Crippen LogP contribution in [0.2, 0.25) is 0 Å². The van der Waals surface area contributed by atoms with E-state index in [-0.39, 0.29) is 24.2 Å². The number of aryl methyl sites for hydroxylation is 1. The molecule has 2 aromatic carbocycles. The molecule has 1 fully saturated rings. The first kappa shape index (κ1) is 19.6. The molecule has 0 radical (unpaired) electrons. The minimum atomic E-state index is -0.392. The maximum Gasteiger partial charge on any atom is 0.337 e. The van der Waals surface area contributed by atoms with Crippen LogP contribution in [-0.2, 0) is 20.9 Å². The highest BCUT2D eigenvalue weighted by Crippen LogP contribution is 2.26. The Hall–Kier alpha value is -3.15. The van der Waals surface area contributed by atoms with Gasteiger partial charge in [-0.2, -0.15) is 0 Å². The summed E-state index contributed by atoms with van der Waals surface area (Å²) in [4.78, 5) is 40.0. The summed E-state index contributed by atoms with van der Waals surface area (Å²) in [6.45, 7) is 2.80. The molecule has 6 heteroatoms. The van der Waals surface area contributed by atoms with Crippen molar-refractivity contribution in [2.24, 2.45) is 5.92 Å². The van der Waals surface area contributed by atoms with Crippen LogP contribution in [0.3, 0.4) is 0 Å². The van der Waals surface area contributed by atoms with Gasteiger partial charge < -0.3 is 14.5 Å². The number of carbonyl (C=O) groups excluding carboxylic acids is 3.